The number of nitrogens with one attached hydrogen (secondary N) is 1. The fourth-order valence-corrected chi connectivity index (χ4v) is 3.14. The molecule has 1 N–H and O–H groups in total. The van der Waals surface area contributed by atoms with E-state index in [0.717, 1.165) is 31.9 Å². The number of methoxy groups -OCH3 is 3. The average Bonchev–Trinajstić information content (AvgIpc) is 2.73. The minimum absolute atomic E-state index is 0.00542. The Balaban J connectivity index is 1.80. The maximum absolute atomic E-state index is 12.8. The van der Waals surface area contributed by atoms with Crippen molar-refractivity contribution in [3.8, 4) is 17.2 Å². The summed E-state index contributed by atoms with van der Waals surface area (Å²) in [5.74, 6) is 1.60. The number of likely N-dealkylation sites (N-methyl/N-ethyl adjacent to an activating group) is 1. The molecular weight excluding hydrogens is 360 g/mol. The Morgan fingerprint density at radius 2 is 1.57 bits per heavy atom. The van der Waals surface area contributed by atoms with Gasteiger partial charge in [0, 0.05) is 50.2 Å². The Morgan fingerprint density at radius 1 is 0.929 bits per heavy atom. The van der Waals surface area contributed by atoms with Crippen LogP contribution in [0.1, 0.15) is 10.4 Å². The summed E-state index contributed by atoms with van der Waals surface area (Å²) < 4.78 is 16.1. The van der Waals surface area contributed by atoms with Gasteiger partial charge in [0.1, 0.15) is 0 Å². The van der Waals surface area contributed by atoms with Crippen molar-refractivity contribution in [3.05, 3.63) is 36.2 Å². The first-order valence-corrected chi connectivity index (χ1v) is 9.05. The van der Waals surface area contributed by atoms with Crippen LogP contribution in [0, 0.1) is 0 Å². The highest BCUT2D eigenvalue weighted by Gasteiger charge is 2.21. The Labute approximate surface area is 165 Å². The first-order chi connectivity index (χ1) is 13.5. The average molecular weight is 386 g/mol. The number of rotatable bonds is 6. The van der Waals surface area contributed by atoms with Crippen LogP contribution in [0.2, 0.25) is 0 Å². The monoisotopic (exact) mass is 386 g/mol. The number of carbonyl (C=O) groups excluding carboxylic acids is 1. The van der Waals surface area contributed by atoms with Crippen molar-refractivity contribution in [1.82, 2.24) is 14.8 Å². The molecule has 0 unspecified atom stereocenters. The molecular formula is C20H26N4O4. The van der Waals surface area contributed by atoms with Crippen LogP contribution in [0.4, 0.5) is 11.4 Å². The van der Waals surface area contributed by atoms with E-state index >= 15 is 0 Å². The second-order valence-corrected chi connectivity index (χ2v) is 6.60. The van der Waals surface area contributed by atoms with Gasteiger partial charge in [-0.25, -0.2) is 0 Å². The number of hydrogen-bond donors (Lipinski definition) is 1. The van der Waals surface area contributed by atoms with Crippen LogP contribution in [0.5, 0.6) is 17.2 Å². The molecule has 1 aromatic carbocycles. The summed E-state index contributed by atoms with van der Waals surface area (Å²) >= 11 is 0. The van der Waals surface area contributed by atoms with E-state index < -0.39 is 0 Å². The fraction of sp³-hybridized carbons (Fsp3) is 0.400. The molecule has 1 aromatic heterocycles. The zero-order chi connectivity index (χ0) is 20.1. The number of amides is 1. The molecule has 0 atom stereocenters. The smallest absolute Gasteiger partial charge is 0.255 e. The summed E-state index contributed by atoms with van der Waals surface area (Å²) in [5, 5.41) is 3.25. The van der Waals surface area contributed by atoms with Gasteiger partial charge in [-0.3, -0.25) is 9.78 Å². The molecule has 0 bridgehead atoms. The van der Waals surface area contributed by atoms with Gasteiger partial charge in [-0.2, -0.15) is 0 Å². The summed E-state index contributed by atoms with van der Waals surface area (Å²) in [6.07, 6.45) is 3.27. The van der Waals surface area contributed by atoms with Crippen molar-refractivity contribution in [2.75, 3.05) is 59.9 Å². The van der Waals surface area contributed by atoms with Gasteiger partial charge in [0.25, 0.3) is 5.91 Å². The lowest BCUT2D eigenvalue weighted by atomic mass is 10.2. The molecule has 8 heteroatoms. The lowest BCUT2D eigenvalue weighted by molar-refractivity contribution is 0.0663. The quantitative estimate of drug-likeness (QED) is 0.816. The second kappa shape index (κ2) is 8.79. The molecule has 1 aliphatic heterocycles. The van der Waals surface area contributed by atoms with Crippen LogP contribution in [0.15, 0.2) is 30.6 Å². The van der Waals surface area contributed by atoms with E-state index in [-0.39, 0.29) is 5.91 Å². The van der Waals surface area contributed by atoms with Gasteiger partial charge in [0.2, 0.25) is 5.75 Å². The largest absolute Gasteiger partial charge is 0.493 e. The molecule has 1 amide bonds. The highest BCUT2D eigenvalue weighted by molar-refractivity contribution is 5.95. The third kappa shape index (κ3) is 4.28. The van der Waals surface area contributed by atoms with Crippen molar-refractivity contribution in [2.24, 2.45) is 0 Å². The number of nitrogens with zero attached hydrogens (tertiary/aromatic N) is 3. The van der Waals surface area contributed by atoms with Gasteiger partial charge in [-0.15, -0.1) is 0 Å². The van der Waals surface area contributed by atoms with Crippen molar-refractivity contribution >= 4 is 17.3 Å². The first-order valence-electron chi connectivity index (χ1n) is 9.05. The normalized spacial score (nSPS) is 14.5. The van der Waals surface area contributed by atoms with E-state index in [0.29, 0.717) is 28.5 Å². The molecule has 150 valence electrons. The Bertz CT molecular complexity index is 810. The number of carbonyl (C=O) groups is 1. The molecule has 28 heavy (non-hydrogen) atoms. The van der Waals surface area contributed by atoms with E-state index in [2.05, 4.69) is 22.2 Å². The van der Waals surface area contributed by atoms with Crippen molar-refractivity contribution in [3.63, 3.8) is 0 Å². The molecule has 0 spiro atoms. The van der Waals surface area contributed by atoms with Gasteiger partial charge < -0.3 is 29.3 Å². The van der Waals surface area contributed by atoms with E-state index in [1.807, 2.05) is 4.90 Å². The fourth-order valence-electron chi connectivity index (χ4n) is 3.14. The summed E-state index contributed by atoms with van der Waals surface area (Å²) in [6, 6.07) is 5.41. The van der Waals surface area contributed by atoms with Gasteiger partial charge in [0.15, 0.2) is 11.5 Å². The minimum atomic E-state index is -0.00542. The lowest BCUT2D eigenvalue weighted by Crippen LogP contribution is -2.47. The highest BCUT2D eigenvalue weighted by atomic mass is 16.5. The maximum Gasteiger partial charge on any atom is 0.255 e. The summed E-state index contributed by atoms with van der Waals surface area (Å²) in [6.45, 7) is 3.20. The van der Waals surface area contributed by atoms with Gasteiger partial charge in [-0.1, -0.05) is 0 Å². The number of aromatic nitrogens is 1. The number of hydrogen-bond acceptors (Lipinski definition) is 7. The van der Waals surface area contributed by atoms with Crippen LogP contribution in [-0.2, 0) is 0 Å². The molecule has 0 aliphatic carbocycles. The third-order valence-electron chi connectivity index (χ3n) is 4.73. The van der Waals surface area contributed by atoms with Crippen LogP contribution >= 0.6 is 0 Å². The topological polar surface area (TPSA) is 76.2 Å². The predicted molar refractivity (Wildman–Crippen MR) is 107 cm³/mol. The van der Waals surface area contributed by atoms with E-state index in [4.69, 9.17) is 14.2 Å². The van der Waals surface area contributed by atoms with Gasteiger partial charge in [-0.05, 0) is 13.1 Å². The predicted octanol–water partition coefficient (Wildman–Crippen LogP) is 2.24. The molecule has 3 rings (SSSR count). The van der Waals surface area contributed by atoms with E-state index in [1.165, 1.54) is 0 Å². The molecule has 2 aromatic rings. The molecule has 0 saturated carbocycles. The van der Waals surface area contributed by atoms with Gasteiger partial charge >= 0.3 is 0 Å². The Kier molecular flexibility index (Phi) is 6.20. The number of anilines is 2. The summed E-state index contributed by atoms with van der Waals surface area (Å²) in [4.78, 5) is 21.1. The molecule has 0 radical (unpaired) electrons. The van der Waals surface area contributed by atoms with Crippen molar-refractivity contribution < 1.29 is 19.0 Å². The molecule has 8 nitrogen and oxygen atoms in total. The zero-order valence-electron chi connectivity index (χ0n) is 16.7. The number of benzene rings is 1. The van der Waals surface area contributed by atoms with Crippen molar-refractivity contribution in [2.45, 2.75) is 0 Å². The zero-order valence-corrected chi connectivity index (χ0v) is 16.7. The molecule has 1 aliphatic rings. The van der Waals surface area contributed by atoms with Crippen LogP contribution in [0.3, 0.4) is 0 Å². The lowest BCUT2D eigenvalue weighted by Gasteiger charge is -2.32. The minimum Gasteiger partial charge on any atom is -0.493 e. The molecule has 1 fully saturated rings. The van der Waals surface area contributed by atoms with Crippen LogP contribution in [-0.4, -0.2) is 75.2 Å². The number of piperazine rings is 1. The number of ether oxygens (including phenoxy) is 3. The first kappa shape index (κ1) is 19.8. The maximum atomic E-state index is 12.8. The third-order valence-corrected chi connectivity index (χ3v) is 4.73. The number of pyridine rings is 1. The second-order valence-electron chi connectivity index (χ2n) is 6.60. The van der Waals surface area contributed by atoms with Gasteiger partial charge in [0.05, 0.1) is 38.8 Å². The Hall–Kier alpha value is -3.00. The highest BCUT2D eigenvalue weighted by Crippen LogP contribution is 2.40. The SMILES string of the molecule is COc1cc(Nc2cncc(C(=O)N3CCN(C)CC3)c2)cc(OC)c1OC. The Morgan fingerprint density at radius 3 is 2.14 bits per heavy atom. The van der Waals surface area contributed by atoms with Crippen LogP contribution in [0.25, 0.3) is 0 Å². The standard InChI is InChI=1S/C20H26N4O4/c1-23-5-7-24(8-6-23)20(25)14-9-16(13-21-12-14)22-15-10-17(26-2)19(28-4)18(11-15)27-3/h9-13,22H,5-8H2,1-4H3. The molecule has 1 saturated heterocycles. The van der Waals surface area contributed by atoms with Crippen molar-refractivity contribution in [1.29, 1.82) is 0 Å². The molecule has 2 heterocycles. The summed E-state index contributed by atoms with van der Waals surface area (Å²) in [7, 11) is 6.76. The van der Waals surface area contributed by atoms with E-state index in [1.54, 1.807) is 51.9 Å². The van der Waals surface area contributed by atoms with E-state index in [9.17, 15) is 4.79 Å². The van der Waals surface area contributed by atoms with Crippen LogP contribution < -0.4 is 19.5 Å². The summed E-state index contributed by atoms with van der Waals surface area (Å²) in [5.41, 5.74) is 2.00.